The first kappa shape index (κ1) is 37.9. The Kier molecular flexibility index (Phi) is 9.36. The standard InChI is InChI=1S/C37H48O16/c1-16-29(50-18(3)39)30(51-19(4)40)31(52-20(5)41)33(48-16)53-22-12-25(49-17(2)38)35-15-47-32(37(35,45)13-22)28(43)27-24(35)7-9-34(6)23(8-10-36(27,34)44)21-11-26(42)46-14-21/h11,16,22-25,27,29-33,44-45H,7-10,12-15H2,1-6H3/t16-,22-,23+,24-,25+,27-,29-,30+,31+,32+,33-,34+,35-,36-,37+/m0/s1. The number of esters is 5. The molecule has 53 heavy (non-hydrogen) atoms. The van der Waals surface area contributed by atoms with Gasteiger partial charge >= 0.3 is 29.8 Å². The predicted octanol–water partition coefficient (Wildman–Crippen LogP) is 0.993. The fourth-order valence-corrected chi connectivity index (χ4v) is 11.5. The van der Waals surface area contributed by atoms with E-state index in [1.165, 1.54) is 19.9 Å². The molecule has 292 valence electrons. The SMILES string of the molecule is CC(=O)O[C@@H]1[C@@H](OC(C)=O)[C@H](C)O[C@@H](O[C@H]2C[C@@H](OC(C)=O)[C@]34CO[C@H](C(=O)[C@@H]5[C@@H]3CC[C@]3(C)[C@@H](C6=CC(=O)OC6)CC[C@]53O)[C@]4(O)C2)[C@@H]1OC(C)=O. The van der Waals surface area contributed by atoms with Crippen LogP contribution in [0.4, 0.5) is 0 Å². The zero-order valence-electron chi connectivity index (χ0n) is 30.7. The van der Waals surface area contributed by atoms with Gasteiger partial charge in [0.2, 0.25) is 0 Å². The van der Waals surface area contributed by atoms with E-state index in [0.717, 1.165) is 19.4 Å². The molecule has 6 fully saturated rings. The van der Waals surface area contributed by atoms with Gasteiger partial charge in [0, 0.05) is 52.0 Å². The molecule has 0 aromatic rings. The molecule has 0 aromatic heterocycles. The second kappa shape index (κ2) is 13.1. The van der Waals surface area contributed by atoms with Crippen molar-refractivity contribution in [3.8, 4) is 0 Å². The molecule has 3 aliphatic heterocycles. The Morgan fingerprint density at radius 1 is 0.849 bits per heavy atom. The van der Waals surface area contributed by atoms with E-state index in [4.69, 9.17) is 37.9 Å². The lowest BCUT2D eigenvalue weighted by Crippen LogP contribution is -2.76. The summed E-state index contributed by atoms with van der Waals surface area (Å²) < 4.78 is 46.4. The van der Waals surface area contributed by atoms with Crippen molar-refractivity contribution >= 4 is 35.6 Å². The maximum atomic E-state index is 14.7. The minimum absolute atomic E-state index is 0.00662. The van der Waals surface area contributed by atoms with Gasteiger partial charge in [0.15, 0.2) is 30.4 Å². The van der Waals surface area contributed by atoms with Gasteiger partial charge in [-0.15, -0.1) is 0 Å². The molecule has 16 nitrogen and oxygen atoms in total. The average Bonchev–Trinajstić information content (AvgIpc) is 3.66. The molecule has 2 saturated heterocycles. The lowest BCUT2D eigenvalue weighted by Gasteiger charge is -2.65. The largest absolute Gasteiger partial charge is 0.462 e. The molecule has 0 aromatic carbocycles. The van der Waals surface area contributed by atoms with Gasteiger partial charge in [0.25, 0.3) is 0 Å². The van der Waals surface area contributed by atoms with Crippen LogP contribution in [0.5, 0.6) is 0 Å². The van der Waals surface area contributed by atoms with Crippen molar-refractivity contribution in [2.45, 2.75) is 140 Å². The van der Waals surface area contributed by atoms with Crippen LogP contribution in [-0.4, -0.2) is 119 Å². The van der Waals surface area contributed by atoms with Gasteiger partial charge in [-0.1, -0.05) is 6.92 Å². The van der Waals surface area contributed by atoms with Crippen molar-refractivity contribution in [1.82, 2.24) is 0 Å². The number of cyclic esters (lactones) is 1. The van der Waals surface area contributed by atoms with Crippen LogP contribution in [0.1, 0.15) is 80.1 Å². The van der Waals surface area contributed by atoms with Gasteiger partial charge in [-0.2, -0.15) is 0 Å². The van der Waals surface area contributed by atoms with Crippen LogP contribution in [0.25, 0.3) is 0 Å². The second-order valence-corrected chi connectivity index (χ2v) is 16.2. The van der Waals surface area contributed by atoms with Gasteiger partial charge in [0.05, 0.1) is 35.7 Å². The topological polar surface area (TPSA) is 217 Å². The van der Waals surface area contributed by atoms with Crippen molar-refractivity contribution in [2.24, 2.45) is 28.6 Å². The third kappa shape index (κ3) is 5.64. The molecule has 4 saturated carbocycles. The molecule has 16 heteroatoms. The summed E-state index contributed by atoms with van der Waals surface area (Å²) in [4.78, 5) is 76.0. The number of hydrogen-bond acceptors (Lipinski definition) is 16. The molecule has 0 radical (unpaired) electrons. The number of ether oxygens (including phenoxy) is 8. The van der Waals surface area contributed by atoms with Crippen LogP contribution in [0.2, 0.25) is 0 Å². The number of Topliss-reactive ketones (excluding diaryl/α,β-unsaturated/α-hetero) is 1. The quantitative estimate of drug-likeness (QED) is 0.211. The molecule has 0 amide bonds. The highest BCUT2D eigenvalue weighted by atomic mass is 16.7. The molecule has 2 N–H and O–H groups in total. The summed E-state index contributed by atoms with van der Waals surface area (Å²) >= 11 is 0. The molecular formula is C37H48O16. The van der Waals surface area contributed by atoms with Crippen LogP contribution in [0.15, 0.2) is 11.6 Å². The molecule has 7 aliphatic rings. The summed E-state index contributed by atoms with van der Waals surface area (Å²) in [6.45, 7) is 8.23. The lowest BCUT2D eigenvalue weighted by atomic mass is 9.41. The highest BCUT2D eigenvalue weighted by Gasteiger charge is 2.82. The number of hydrogen-bond donors (Lipinski definition) is 2. The van der Waals surface area contributed by atoms with Gasteiger partial charge in [-0.25, -0.2) is 4.79 Å². The minimum Gasteiger partial charge on any atom is -0.462 e. The molecular weight excluding hydrogens is 700 g/mol. The third-order valence-corrected chi connectivity index (χ3v) is 13.4. The molecule has 15 atom stereocenters. The maximum Gasteiger partial charge on any atom is 0.331 e. The Morgan fingerprint density at radius 2 is 1.49 bits per heavy atom. The number of ketones is 1. The van der Waals surface area contributed by atoms with E-state index < -0.39 is 119 Å². The third-order valence-electron chi connectivity index (χ3n) is 13.4. The van der Waals surface area contributed by atoms with E-state index in [-0.39, 0.29) is 38.4 Å². The van der Waals surface area contributed by atoms with Crippen LogP contribution in [-0.2, 0) is 66.7 Å². The Balaban J connectivity index is 1.22. The first-order valence-corrected chi connectivity index (χ1v) is 18.3. The zero-order chi connectivity index (χ0) is 38.4. The second-order valence-electron chi connectivity index (χ2n) is 16.2. The van der Waals surface area contributed by atoms with E-state index >= 15 is 0 Å². The van der Waals surface area contributed by atoms with E-state index in [2.05, 4.69) is 0 Å². The fourth-order valence-electron chi connectivity index (χ4n) is 11.5. The summed E-state index contributed by atoms with van der Waals surface area (Å²) in [5.41, 5.74) is -4.72. The fraction of sp³-hybridized carbons (Fsp3) is 0.784. The number of aliphatic hydroxyl groups is 2. The number of carbonyl (C=O) groups excluding carboxylic acids is 6. The average molecular weight is 749 g/mol. The Morgan fingerprint density at radius 3 is 2.11 bits per heavy atom. The normalized spacial score (nSPS) is 46.9. The van der Waals surface area contributed by atoms with Crippen molar-refractivity contribution in [1.29, 1.82) is 0 Å². The Hall–Kier alpha value is -3.44. The molecule has 0 unspecified atom stereocenters. The Bertz CT molecular complexity index is 1620. The summed E-state index contributed by atoms with van der Waals surface area (Å²) in [6, 6.07) is 0. The maximum absolute atomic E-state index is 14.7. The summed E-state index contributed by atoms with van der Waals surface area (Å²) in [5, 5.41) is 25.6. The molecule has 7 rings (SSSR count). The lowest BCUT2D eigenvalue weighted by molar-refractivity contribution is -0.326. The smallest absolute Gasteiger partial charge is 0.331 e. The highest BCUT2D eigenvalue weighted by Crippen LogP contribution is 2.72. The highest BCUT2D eigenvalue weighted by molar-refractivity contribution is 5.91. The predicted molar refractivity (Wildman–Crippen MR) is 174 cm³/mol. The summed E-state index contributed by atoms with van der Waals surface area (Å²) in [6.07, 6.45) is -6.69. The van der Waals surface area contributed by atoms with E-state index in [1.807, 2.05) is 6.92 Å². The Labute approximate surface area is 306 Å². The van der Waals surface area contributed by atoms with Gasteiger partial charge in [0.1, 0.15) is 24.4 Å². The van der Waals surface area contributed by atoms with Crippen molar-refractivity contribution in [2.75, 3.05) is 13.2 Å². The number of carbonyl (C=O) groups is 6. The van der Waals surface area contributed by atoms with Crippen molar-refractivity contribution in [3.63, 3.8) is 0 Å². The van der Waals surface area contributed by atoms with Gasteiger partial charge in [-0.3, -0.25) is 24.0 Å². The molecule has 2 bridgehead atoms. The first-order chi connectivity index (χ1) is 24.9. The van der Waals surface area contributed by atoms with Crippen LogP contribution in [0, 0.1) is 28.6 Å². The molecule has 4 aliphatic carbocycles. The van der Waals surface area contributed by atoms with Crippen molar-refractivity contribution in [3.05, 3.63) is 11.6 Å². The van der Waals surface area contributed by atoms with Crippen molar-refractivity contribution < 1.29 is 76.9 Å². The van der Waals surface area contributed by atoms with E-state index in [0.29, 0.717) is 19.3 Å². The minimum atomic E-state index is -1.92. The van der Waals surface area contributed by atoms with Crippen LogP contribution < -0.4 is 0 Å². The summed E-state index contributed by atoms with van der Waals surface area (Å²) in [5.74, 6) is -5.52. The number of rotatable bonds is 7. The monoisotopic (exact) mass is 748 g/mol. The van der Waals surface area contributed by atoms with Crippen LogP contribution in [0.3, 0.4) is 0 Å². The van der Waals surface area contributed by atoms with E-state index in [9.17, 15) is 39.0 Å². The summed E-state index contributed by atoms with van der Waals surface area (Å²) in [7, 11) is 0. The van der Waals surface area contributed by atoms with Gasteiger partial charge in [-0.05, 0) is 50.0 Å². The first-order valence-electron chi connectivity index (χ1n) is 18.3. The molecule has 3 heterocycles. The zero-order valence-corrected chi connectivity index (χ0v) is 30.7. The number of fused-ring (bicyclic) bond motifs is 3. The molecule has 0 spiro atoms. The van der Waals surface area contributed by atoms with E-state index in [1.54, 1.807) is 6.92 Å². The van der Waals surface area contributed by atoms with Crippen LogP contribution >= 0.6 is 0 Å². The van der Waals surface area contributed by atoms with Gasteiger partial charge < -0.3 is 48.1 Å².